The van der Waals surface area contributed by atoms with Crippen LogP contribution in [-0.4, -0.2) is 31.7 Å². The number of nitrogens with one attached hydrogen (secondary N) is 1. The first kappa shape index (κ1) is 20.4. The maximum Gasteiger partial charge on any atom is 0.223 e. The van der Waals surface area contributed by atoms with Gasteiger partial charge in [-0.2, -0.15) is 0 Å². The van der Waals surface area contributed by atoms with E-state index in [1.165, 1.54) is 34.6 Å². The zero-order valence-corrected chi connectivity index (χ0v) is 16.1. The van der Waals surface area contributed by atoms with Gasteiger partial charge in [0.25, 0.3) is 0 Å². The summed E-state index contributed by atoms with van der Waals surface area (Å²) in [4.78, 5) is 12.3. The molecule has 5 nitrogen and oxygen atoms in total. The number of amides is 1. The topological polar surface area (TPSA) is 66.5 Å². The first-order valence-electron chi connectivity index (χ1n) is 9.08. The molecule has 0 radical (unpaired) electrons. The van der Waals surface area contributed by atoms with Gasteiger partial charge in [0.2, 0.25) is 15.9 Å². The molecule has 1 fully saturated rings. The molecule has 1 saturated heterocycles. The van der Waals surface area contributed by atoms with Crippen molar-refractivity contribution in [1.82, 2.24) is 9.62 Å². The Labute approximate surface area is 163 Å². The molecule has 0 aromatic heterocycles. The van der Waals surface area contributed by atoms with Crippen LogP contribution in [0, 0.1) is 17.6 Å². The summed E-state index contributed by atoms with van der Waals surface area (Å²) in [5, 5.41) is 2.77. The van der Waals surface area contributed by atoms with Gasteiger partial charge in [-0.25, -0.2) is 21.5 Å². The Hall–Kier alpha value is -2.32. The Kier molecular flexibility index (Phi) is 6.41. The molecular weight excluding hydrogens is 386 g/mol. The highest BCUT2D eigenvalue weighted by Crippen LogP contribution is 2.22. The summed E-state index contributed by atoms with van der Waals surface area (Å²) in [6, 6.07) is 11.8. The second kappa shape index (κ2) is 8.79. The van der Waals surface area contributed by atoms with E-state index in [9.17, 15) is 22.0 Å². The quantitative estimate of drug-likeness (QED) is 0.799. The van der Waals surface area contributed by atoms with Crippen molar-refractivity contribution in [2.75, 3.05) is 13.1 Å². The monoisotopic (exact) mass is 408 g/mol. The average molecular weight is 408 g/mol. The molecule has 8 heteroatoms. The van der Waals surface area contributed by atoms with Gasteiger partial charge in [-0.3, -0.25) is 4.79 Å². The summed E-state index contributed by atoms with van der Waals surface area (Å²) < 4.78 is 53.3. The van der Waals surface area contributed by atoms with E-state index in [1.54, 1.807) is 18.2 Å². The van der Waals surface area contributed by atoms with E-state index in [2.05, 4.69) is 5.32 Å². The van der Waals surface area contributed by atoms with Crippen LogP contribution in [0.25, 0.3) is 0 Å². The molecule has 2 aromatic rings. The fourth-order valence-electron chi connectivity index (χ4n) is 3.28. The number of carbonyl (C=O) groups excluding carboxylic acids is 1. The van der Waals surface area contributed by atoms with Crippen molar-refractivity contribution in [3.8, 4) is 0 Å². The number of halogens is 2. The second-order valence-electron chi connectivity index (χ2n) is 6.87. The van der Waals surface area contributed by atoms with E-state index in [4.69, 9.17) is 0 Å². The predicted octanol–water partition coefficient (Wildman–Crippen LogP) is 2.82. The van der Waals surface area contributed by atoms with Crippen molar-refractivity contribution in [3.05, 3.63) is 71.3 Å². The van der Waals surface area contributed by atoms with Crippen molar-refractivity contribution < 1.29 is 22.0 Å². The molecule has 1 aliphatic rings. The minimum atomic E-state index is -3.65. The number of benzene rings is 2. The number of hydrogen-bond donors (Lipinski definition) is 1. The maximum atomic E-state index is 13.7. The molecule has 1 heterocycles. The first-order valence-corrected chi connectivity index (χ1v) is 10.7. The largest absolute Gasteiger partial charge is 0.352 e. The molecule has 150 valence electrons. The van der Waals surface area contributed by atoms with Gasteiger partial charge in [-0.1, -0.05) is 30.3 Å². The molecule has 1 amide bonds. The molecule has 0 spiro atoms. The van der Waals surface area contributed by atoms with Gasteiger partial charge in [-0.15, -0.1) is 0 Å². The van der Waals surface area contributed by atoms with Crippen LogP contribution in [-0.2, 0) is 27.1 Å². The van der Waals surface area contributed by atoms with Gasteiger partial charge in [-0.05, 0) is 36.6 Å². The van der Waals surface area contributed by atoms with Crippen LogP contribution in [0.1, 0.15) is 24.0 Å². The molecule has 0 unspecified atom stereocenters. The summed E-state index contributed by atoms with van der Waals surface area (Å²) >= 11 is 0. The van der Waals surface area contributed by atoms with E-state index in [0.717, 1.165) is 0 Å². The number of rotatable bonds is 6. The third-order valence-corrected chi connectivity index (χ3v) is 6.70. The van der Waals surface area contributed by atoms with Gasteiger partial charge in [0, 0.05) is 31.1 Å². The zero-order valence-electron chi connectivity index (χ0n) is 15.3. The molecule has 0 atom stereocenters. The van der Waals surface area contributed by atoms with Crippen LogP contribution in [0.15, 0.2) is 48.5 Å². The summed E-state index contributed by atoms with van der Waals surface area (Å²) in [6.45, 7) is 0.659. The highest BCUT2D eigenvalue weighted by Gasteiger charge is 2.31. The van der Waals surface area contributed by atoms with Crippen molar-refractivity contribution in [1.29, 1.82) is 0 Å². The van der Waals surface area contributed by atoms with Gasteiger partial charge in [0.05, 0.1) is 5.75 Å². The molecule has 0 saturated carbocycles. The molecule has 0 aliphatic carbocycles. The lowest BCUT2D eigenvalue weighted by Crippen LogP contribution is -2.43. The number of carbonyl (C=O) groups is 1. The van der Waals surface area contributed by atoms with Crippen molar-refractivity contribution in [2.24, 2.45) is 5.92 Å². The molecule has 28 heavy (non-hydrogen) atoms. The lowest BCUT2D eigenvalue weighted by Gasteiger charge is -2.30. The van der Waals surface area contributed by atoms with E-state index >= 15 is 0 Å². The Balaban J connectivity index is 1.52. The van der Waals surface area contributed by atoms with E-state index in [1.807, 2.05) is 0 Å². The van der Waals surface area contributed by atoms with E-state index in [0.29, 0.717) is 18.4 Å². The highest BCUT2D eigenvalue weighted by atomic mass is 32.2. The van der Waals surface area contributed by atoms with Crippen LogP contribution >= 0.6 is 0 Å². The predicted molar refractivity (Wildman–Crippen MR) is 102 cm³/mol. The van der Waals surface area contributed by atoms with Gasteiger partial charge in [0.1, 0.15) is 11.6 Å². The summed E-state index contributed by atoms with van der Waals surface area (Å²) in [6.07, 6.45) is 0.789. The Morgan fingerprint density at radius 3 is 2.46 bits per heavy atom. The van der Waals surface area contributed by atoms with Crippen LogP contribution in [0.3, 0.4) is 0 Å². The fraction of sp³-hybridized carbons (Fsp3) is 0.350. The lowest BCUT2D eigenvalue weighted by atomic mass is 9.97. The normalized spacial score (nSPS) is 16.1. The van der Waals surface area contributed by atoms with E-state index < -0.39 is 21.6 Å². The van der Waals surface area contributed by atoms with Crippen LogP contribution in [0.2, 0.25) is 0 Å². The lowest BCUT2D eigenvalue weighted by molar-refractivity contribution is -0.126. The van der Waals surface area contributed by atoms with Crippen LogP contribution in [0.5, 0.6) is 0 Å². The zero-order chi connectivity index (χ0) is 20.1. The van der Waals surface area contributed by atoms with Crippen molar-refractivity contribution >= 4 is 15.9 Å². The van der Waals surface area contributed by atoms with Gasteiger partial charge < -0.3 is 5.32 Å². The van der Waals surface area contributed by atoms with E-state index in [-0.39, 0.29) is 42.8 Å². The average Bonchev–Trinajstić information content (AvgIpc) is 2.68. The number of nitrogens with zero attached hydrogens (tertiary/aromatic N) is 1. The number of hydrogen-bond acceptors (Lipinski definition) is 3. The van der Waals surface area contributed by atoms with Gasteiger partial charge >= 0.3 is 0 Å². The minimum absolute atomic E-state index is 0.137. The Morgan fingerprint density at radius 1 is 1.07 bits per heavy atom. The standard InChI is InChI=1S/C20H22F2N2O3S/c21-18-6-3-4-15(12-18)13-23-20(25)16-8-10-24(11-9-16)28(26,27)14-17-5-1-2-7-19(17)22/h1-7,12,16H,8-11,13-14H2,(H,23,25). The smallest absolute Gasteiger partial charge is 0.223 e. The summed E-state index contributed by atoms with van der Waals surface area (Å²) in [7, 11) is -3.65. The van der Waals surface area contributed by atoms with Crippen LogP contribution in [0.4, 0.5) is 8.78 Å². The minimum Gasteiger partial charge on any atom is -0.352 e. The summed E-state index contributed by atoms with van der Waals surface area (Å²) in [5.41, 5.74) is 0.802. The maximum absolute atomic E-state index is 13.7. The molecule has 0 bridgehead atoms. The fourth-order valence-corrected chi connectivity index (χ4v) is 4.86. The molecule has 1 N–H and O–H groups in total. The number of piperidine rings is 1. The Bertz CT molecular complexity index is 942. The second-order valence-corrected chi connectivity index (χ2v) is 8.84. The molecule has 3 rings (SSSR count). The molecule has 1 aliphatic heterocycles. The molecular formula is C20H22F2N2O3S. The van der Waals surface area contributed by atoms with Gasteiger partial charge in [0.15, 0.2) is 0 Å². The molecule has 2 aromatic carbocycles. The SMILES string of the molecule is O=C(NCc1cccc(F)c1)C1CCN(S(=O)(=O)Cc2ccccc2F)CC1. The van der Waals surface area contributed by atoms with Crippen molar-refractivity contribution in [3.63, 3.8) is 0 Å². The van der Waals surface area contributed by atoms with Crippen LogP contribution < -0.4 is 5.32 Å². The third-order valence-electron chi connectivity index (χ3n) is 4.87. The highest BCUT2D eigenvalue weighted by molar-refractivity contribution is 7.88. The first-order chi connectivity index (χ1) is 13.3. The summed E-state index contributed by atoms with van der Waals surface area (Å²) in [5.74, 6) is -1.77. The van der Waals surface area contributed by atoms with Crippen molar-refractivity contribution in [2.45, 2.75) is 25.1 Å². The Morgan fingerprint density at radius 2 is 1.79 bits per heavy atom. The number of sulfonamides is 1. The third kappa shape index (κ3) is 5.14.